The van der Waals surface area contributed by atoms with Gasteiger partial charge in [0.2, 0.25) is 0 Å². The van der Waals surface area contributed by atoms with Crippen LogP contribution in [0.25, 0.3) is 22.3 Å². The van der Waals surface area contributed by atoms with E-state index in [0.29, 0.717) is 16.7 Å². The van der Waals surface area contributed by atoms with Gasteiger partial charge >= 0.3 is 0 Å². The summed E-state index contributed by atoms with van der Waals surface area (Å²) >= 11 is 0. The quantitative estimate of drug-likeness (QED) is 0.521. The Morgan fingerprint density at radius 2 is 1.74 bits per heavy atom. The van der Waals surface area contributed by atoms with Crippen LogP contribution in [-0.2, 0) is 0 Å². The number of benzene rings is 3. The van der Waals surface area contributed by atoms with Crippen molar-refractivity contribution in [3.05, 3.63) is 94.8 Å². The number of ether oxygens (including phenoxy) is 1. The number of fused-ring (bicyclic) bond motifs is 1. The molecule has 5 heteroatoms. The van der Waals surface area contributed by atoms with Crippen LogP contribution < -0.4 is 10.3 Å². The topological polar surface area (TPSA) is 56.5 Å². The van der Waals surface area contributed by atoms with Gasteiger partial charge in [-0.25, -0.2) is 4.98 Å². The van der Waals surface area contributed by atoms with Crippen LogP contribution in [0.3, 0.4) is 0 Å². The van der Waals surface area contributed by atoms with Gasteiger partial charge in [-0.1, -0.05) is 54.6 Å². The molecule has 0 aliphatic heterocycles. The predicted molar refractivity (Wildman–Crippen MR) is 107 cm³/mol. The summed E-state index contributed by atoms with van der Waals surface area (Å²) in [7, 11) is 1.61. The number of aromatic nitrogens is 2. The van der Waals surface area contributed by atoms with Crippen molar-refractivity contribution in [2.24, 2.45) is 5.10 Å². The highest BCUT2D eigenvalue weighted by molar-refractivity contribution is 5.82. The van der Waals surface area contributed by atoms with Crippen molar-refractivity contribution in [3.8, 4) is 17.1 Å². The molecular weight excluding hydrogens is 338 g/mol. The Morgan fingerprint density at radius 3 is 2.56 bits per heavy atom. The Labute approximate surface area is 156 Å². The van der Waals surface area contributed by atoms with E-state index in [0.717, 1.165) is 16.9 Å². The van der Waals surface area contributed by atoms with E-state index in [9.17, 15) is 4.79 Å². The lowest BCUT2D eigenvalue weighted by Crippen LogP contribution is -2.20. The lowest BCUT2D eigenvalue weighted by atomic mass is 10.2. The lowest BCUT2D eigenvalue weighted by Gasteiger charge is -2.09. The van der Waals surface area contributed by atoms with Crippen LogP contribution in [0.5, 0.6) is 5.75 Å². The SMILES string of the molecule is COc1cccc(/C=N/n2c(-c3ccccc3)nc3ccccc3c2=O)c1. The minimum absolute atomic E-state index is 0.210. The maximum atomic E-state index is 13.1. The van der Waals surface area contributed by atoms with Crippen molar-refractivity contribution < 1.29 is 4.74 Å². The fourth-order valence-electron chi connectivity index (χ4n) is 2.85. The lowest BCUT2D eigenvalue weighted by molar-refractivity contribution is 0.415. The van der Waals surface area contributed by atoms with Gasteiger partial charge in [-0.05, 0) is 29.8 Å². The highest BCUT2D eigenvalue weighted by atomic mass is 16.5. The zero-order valence-electron chi connectivity index (χ0n) is 14.7. The van der Waals surface area contributed by atoms with Crippen LogP contribution in [0.4, 0.5) is 0 Å². The van der Waals surface area contributed by atoms with Crippen LogP contribution in [0.15, 0.2) is 88.8 Å². The average Bonchev–Trinajstić information content (AvgIpc) is 2.74. The van der Waals surface area contributed by atoms with Crippen LogP contribution in [0.1, 0.15) is 5.56 Å². The first-order valence-corrected chi connectivity index (χ1v) is 8.52. The van der Waals surface area contributed by atoms with Crippen molar-refractivity contribution in [2.75, 3.05) is 7.11 Å². The number of methoxy groups -OCH3 is 1. The van der Waals surface area contributed by atoms with E-state index in [4.69, 9.17) is 4.74 Å². The maximum Gasteiger partial charge on any atom is 0.282 e. The summed E-state index contributed by atoms with van der Waals surface area (Å²) in [5, 5.41) is 4.97. The summed E-state index contributed by atoms with van der Waals surface area (Å²) in [6.07, 6.45) is 1.63. The first kappa shape index (κ1) is 16.7. The molecule has 0 fully saturated rings. The summed E-state index contributed by atoms with van der Waals surface area (Å²) in [4.78, 5) is 17.7. The van der Waals surface area contributed by atoms with Crippen molar-refractivity contribution in [2.45, 2.75) is 0 Å². The Kier molecular flexibility index (Phi) is 4.49. The Bertz CT molecular complexity index is 1180. The van der Waals surface area contributed by atoms with E-state index < -0.39 is 0 Å². The number of hydrogen-bond donors (Lipinski definition) is 0. The van der Waals surface area contributed by atoms with Gasteiger partial charge in [-0.3, -0.25) is 4.79 Å². The second-order valence-corrected chi connectivity index (χ2v) is 5.96. The monoisotopic (exact) mass is 355 g/mol. The molecule has 1 aromatic heterocycles. The second kappa shape index (κ2) is 7.25. The van der Waals surface area contributed by atoms with Crippen LogP contribution >= 0.6 is 0 Å². The maximum absolute atomic E-state index is 13.1. The van der Waals surface area contributed by atoms with Crippen molar-refractivity contribution in [1.29, 1.82) is 0 Å². The fourth-order valence-corrected chi connectivity index (χ4v) is 2.85. The second-order valence-electron chi connectivity index (χ2n) is 5.96. The summed E-state index contributed by atoms with van der Waals surface area (Å²) in [6, 6.07) is 24.3. The highest BCUT2D eigenvalue weighted by Gasteiger charge is 2.11. The molecule has 0 aliphatic rings. The molecule has 0 aliphatic carbocycles. The summed E-state index contributed by atoms with van der Waals surface area (Å²) in [5.41, 5.74) is 2.09. The van der Waals surface area contributed by atoms with Gasteiger partial charge in [0.15, 0.2) is 5.82 Å². The fraction of sp³-hybridized carbons (Fsp3) is 0.0455. The minimum atomic E-state index is -0.210. The molecule has 0 atom stereocenters. The number of para-hydroxylation sites is 1. The van der Waals surface area contributed by atoms with Crippen molar-refractivity contribution in [3.63, 3.8) is 0 Å². The van der Waals surface area contributed by atoms with Gasteiger partial charge < -0.3 is 4.74 Å². The smallest absolute Gasteiger partial charge is 0.282 e. The Morgan fingerprint density at radius 1 is 0.963 bits per heavy atom. The van der Waals surface area contributed by atoms with Gasteiger partial charge in [-0.2, -0.15) is 9.78 Å². The van der Waals surface area contributed by atoms with Gasteiger partial charge in [0.25, 0.3) is 5.56 Å². The molecule has 0 amide bonds. The predicted octanol–water partition coefficient (Wildman–Crippen LogP) is 3.95. The van der Waals surface area contributed by atoms with Crippen LogP contribution in [0, 0.1) is 0 Å². The summed E-state index contributed by atoms with van der Waals surface area (Å²) in [6.45, 7) is 0. The Balaban J connectivity index is 1.91. The molecule has 4 aromatic rings. The highest BCUT2D eigenvalue weighted by Crippen LogP contribution is 2.18. The zero-order valence-corrected chi connectivity index (χ0v) is 14.7. The number of hydrogen-bond acceptors (Lipinski definition) is 4. The molecule has 0 spiro atoms. The molecule has 5 nitrogen and oxygen atoms in total. The third kappa shape index (κ3) is 3.35. The first-order valence-electron chi connectivity index (χ1n) is 8.52. The largest absolute Gasteiger partial charge is 0.497 e. The van der Waals surface area contributed by atoms with Gasteiger partial charge in [0.05, 0.1) is 24.2 Å². The van der Waals surface area contributed by atoms with E-state index >= 15 is 0 Å². The van der Waals surface area contributed by atoms with E-state index in [-0.39, 0.29) is 5.56 Å². The summed E-state index contributed by atoms with van der Waals surface area (Å²) < 4.78 is 6.58. The molecule has 0 radical (unpaired) electrons. The molecule has 27 heavy (non-hydrogen) atoms. The number of rotatable bonds is 4. The van der Waals surface area contributed by atoms with E-state index in [1.54, 1.807) is 19.4 Å². The normalized spacial score (nSPS) is 11.1. The summed E-state index contributed by atoms with van der Waals surface area (Å²) in [5.74, 6) is 1.23. The van der Waals surface area contributed by atoms with Crippen molar-refractivity contribution in [1.82, 2.24) is 9.66 Å². The molecule has 3 aromatic carbocycles. The molecule has 0 saturated carbocycles. The number of nitrogens with zero attached hydrogens (tertiary/aromatic N) is 3. The molecule has 4 rings (SSSR count). The van der Waals surface area contributed by atoms with Crippen LogP contribution in [-0.4, -0.2) is 23.0 Å². The Hall–Kier alpha value is -3.73. The molecule has 0 bridgehead atoms. The van der Waals surface area contributed by atoms with Crippen molar-refractivity contribution >= 4 is 17.1 Å². The minimum Gasteiger partial charge on any atom is -0.497 e. The molecule has 1 heterocycles. The third-order valence-electron chi connectivity index (χ3n) is 4.20. The first-order chi connectivity index (χ1) is 13.3. The van der Waals surface area contributed by atoms with Gasteiger partial charge in [-0.15, -0.1) is 0 Å². The zero-order chi connectivity index (χ0) is 18.6. The van der Waals surface area contributed by atoms with Gasteiger partial charge in [0, 0.05) is 5.56 Å². The molecule has 132 valence electrons. The molecule has 0 unspecified atom stereocenters. The third-order valence-corrected chi connectivity index (χ3v) is 4.20. The molecule has 0 N–H and O–H groups in total. The van der Waals surface area contributed by atoms with Crippen LogP contribution in [0.2, 0.25) is 0 Å². The van der Waals surface area contributed by atoms with E-state index in [1.165, 1.54) is 4.68 Å². The standard InChI is InChI=1S/C22H17N3O2/c1-27-18-11-7-8-16(14-18)15-23-25-21(17-9-3-2-4-10-17)24-20-13-6-5-12-19(20)22(25)26/h2-15H,1H3/b23-15+. The van der Waals surface area contributed by atoms with Gasteiger partial charge in [0.1, 0.15) is 5.75 Å². The molecule has 0 saturated heterocycles. The van der Waals surface area contributed by atoms with E-state index in [2.05, 4.69) is 10.1 Å². The average molecular weight is 355 g/mol. The van der Waals surface area contributed by atoms with E-state index in [1.807, 2.05) is 72.8 Å². The molecular formula is C22H17N3O2.